The van der Waals surface area contributed by atoms with Gasteiger partial charge in [0.25, 0.3) is 0 Å². The molecule has 3 aromatic rings. The van der Waals surface area contributed by atoms with Crippen LogP contribution >= 0.6 is 11.6 Å². The molecule has 1 aliphatic rings. The van der Waals surface area contributed by atoms with E-state index in [-0.39, 0.29) is 35.2 Å². The number of fused-ring (bicyclic) bond motifs is 3. The molecule has 0 fully saturated rings. The van der Waals surface area contributed by atoms with E-state index in [1.54, 1.807) is 19.9 Å². The van der Waals surface area contributed by atoms with E-state index in [4.69, 9.17) is 16.7 Å². The van der Waals surface area contributed by atoms with Crippen molar-refractivity contribution in [1.29, 1.82) is 0 Å². The van der Waals surface area contributed by atoms with Gasteiger partial charge in [0, 0.05) is 47.9 Å². The summed E-state index contributed by atoms with van der Waals surface area (Å²) in [5, 5.41) is 14.9. The van der Waals surface area contributed by atoms with Crippen LogP contribution in [0, 0.1) is 24.4 Å². The lowest BCUT2D eigenvalue weighted by Crippen LogP contribution is -2.41. The Balaban J connectivity index is 1.70. The van der Waals surface area contributed by atoms with Crippen LogP contribution in [-0.2, 0) is 4.79 Å². The number of aromatic nitrogens is 1. The number of urea groups is 1. The molecule has 12 heteroatoms. The molecule has 0 radical (unpaired) electrons. The molecule has 0 saturated carbocycles. The van der Waals surface area contributed by atoms with Gasteiger partial charge >= 0.3 is 12.0 Å². The quantitative estimate of drug-likeness (QED) is 0.259. The maximum absolute atomic E-state index is 15.6. The summed E-state index contributed by atoms with van der Waals surface area (Å²) in [5.74, 6) is -3.34. The first-order chi connectivity index (χ1) is 18.6. The van der Waals surface area contributed by atoms with E-state index in [2.05, 4.69) is 15.6 Å². The van der Waals surface area contributed by atoms with Gasteiger partial charge in [-0.05, 0) is 62.7 Å². The van der Waals surface area contributed by atoms with E-state index in [0.717, 1.165) is 23.2 Å². The van der Waals surface area contributed by atoms with E-state index in [0.29, 0.717) is 42.7 Å². The molecule has 0 unspecified atom stereocenters. The summed E-state index contributed by atoms with van der Waals surface area (Å²) in [7, 11) is 0. The second kappa shape index (κ2) is 11.9. The minimum Gasteiger partial charge on any atom is -0.481 e. The fourth-order valence-corrected chi connectivity index (χ4v) is 4.83. The highest BCUT2D eigenvalue weighted by Gasteiger charge is 2.37. The number of nitrogens with zero attached hydrogens (tertiary/aromatic N) is 3. The van der Waals surface area contributed by atoms with Crippen molar-refractivity contribution >= 4 is 46.5 Å². The van der Waals surface area contributed by atoms with Gasteiger partial charge in [-0.1, -0.05) is 11.6 Å². The minimum atomic E-state index is -0.995. The first-order valence-corrected chi connectivity index (χ1v) is 12.7. The van der Waals surface area contributed by atoms with Crippen LogP contribution in [0.3, 0.4) is 0 Å². The smallest absolute Gasteiger partial charge is 0.334 e. The zero-order valence-corrected chi connectivity index (χ0v) is 22.1. The fourth-order valence-electron chi connectivity index (χ4n) is 4.56. The number of pyridine rings is 1. The molecule has 0 bridgehead atoms. The molecule has 2 aromatic carbocycles. The Kier molecular flexibility index (Phi) is 8.61. The molecule has 206 valence electrons. The Morgan fingerprint density at radius 1 is 1.08 bits per heavy atom. The van der Waals surface area contributed by atoms with Gasteiger partial charge in [0.2, 0.25) is 0 Å². The maximum atomic E-state index is 15.6. The Hall–Kier alpha value is -3.83. The second-order valence-electron chi connectivity index (χ2n) is 8.97. The number of nitrogens with one attached hydrogen (secondary N) is 2. The van der Waals surface area contributed by atoms with Crippen LogP contribution in [0.1, 0.15) is 25.3 Å². The molecule has 3 N–H and O–H groups in total. The summed E-state index contributed by atoms with van der Waals surface area (Å²) in [6.45, 7) is 4.73. The molecule has 2 heterocycles. The van der Waals surface area contributed by atoms with Crippen molar-refractivity contribution < 1.29 is 27.9 Å². The van der Waals surface area contributed by atoms with Crippen LogP contribution < -0.4 is 20.4 Å². The third kappa shape index (κ3) is 5.94. The number of amides is 2. The monoisotopic (exact) mass is 561 g/mol. The minimum absolute atomic E-state index is 0.0486. The van der Waals surface area contributed by atoms with Crippen molar-refractivity contribution in [2.75, 3.05) is 41.3 Å². The molecule has 8 nitrogen and oxygen atoms in total. The van der Waals surface area contributed by atoms with Crippen LogP contribution in [0.4, 0.5) is 40.8 Å². The van der Waals surface area contributed by atoms with E-state index in [1.165, 1.54) is 17.0 Å². The van der Waals surface area contributed by atoms with Crippen molar-refractivity contribution in [3.05, 3.63) is 64.6 Å². The largest absolute Gasteiger partial charge is 0.481 e. The van der Waals surface area contributed by atoms with Crippen molar-refractivity contribution in [3.8, 4) is 11.1 Å². The van der Waals surface area contributed by atoms with Crippen LogP contribution in [0.2, 0.25) is 5.02 Å². The summed E-state index contributed by atoms with van der Waals surface area (Å²) in [6, 6.07) is 5.66. The number of aliphatic carboxylic acids is 1. The molecular formula is C27H27ClF3N5O3. The van der Waals surface area contributed by atoms with Crippen molar-refractivity contribution in [3.63, 3.8) is 0 Å². The number of hydrogen-bond donors (Lipinski definition) is 3. The molecule has 0 aliphatic carbocycles. The number of rotatable bonds is 10. The average molecular weight is 562 g/mol. The lowest BCUT2D eigenvalue weighted by Gasteiger charge is -2.28. The van der Waals surface area contributed by atoms with Crippen LogP contribution in [0.5, 0.6) is 0 Å². The van der Waals surface area contributed by atoms with E-state index >= 15 is 8.78 Å². The highest BCUT2D eigenvalue weighted by atomic mass is 35.5. The number of carboxylic acids is 1. The van der Waals surface area contributed by atoms with Gasteiger partial charge in [0.1, 0.15) is 17.3 Å². The summed E-state index contributed by atoms with van der Waals surface area (Å²) >= 11 is 6.31. The predicted octanol–water partition coefficient (Wildman–Crippen LogP) is 6.09. The van der Waals surface area contributed by atoms with E-state index in [9.17, 15) is 14.0 Å². The van der Waals surface area contributed by atoms with Crippen molar-refractivity contribution in [1.82, 2.24) is 10.3 Å². The van der Waals surface area contributed by atoms with Gasteiger partial charge in [-0.15, -0.1) is 0 Å². The number of carbonyl (C=O) groups excluding carboxylic acids is 1. The van der Waals surface area contributed by atoms with Crippen LogP contribution in [0.25, 0.3) is 11.1 Å². The molecular weight excluding hydrogens is 535 g/mol. The van der Waals surface area contributed by atoms with Crippen LogP contribution in [0.15, 0.2) is 36.5 Å². The molecule has 0 spiro atoms. The third-order valence-electron chi connectivity index (χ3n) is 6.23. The van der Waals surface area contributed by atoms with Crippen LogP contribution in [-0.4, -0.2) is 48.3 Å². The topological polar surface area (TPSA) is 97.8 Å². The van der Waals surface area contributed by atoms with E-state index < -0.39 is 35.1 Å². The van der Waals surface area contributed by atoms with Gasteiger partial charge in [-0.3, -0.25) is 14.6 Å². The predicted molar refractivity (Wildman–Crippen MR) is 145 cm³/mol. The van der Waals surface area contributed by atoms with Gasteiger partial charge in [-0.25, -0.2) is 22.9 Å². The number of aryl methyl sites for hydroxylation is 1. The number of benzene rings is 2. The average Bonchev–Trinajstić information content (AvgIpc) is 2.95. The molecule has 1 aliphatic heterocycles. The summed E-state index contributed by atoms with van der Waals surface area (Å²) in [4.78, 5) is 30.7. The first-order valence-electron chi connectivity index (χ1n) is 12.4. The van der Waals surface area contributed by atoms with Gasteiger partial charge in [0.05, 0.1) is 11.9 Å². The first kappa shape index (κ1) is 28.2. The SMILES string of the molecule is CCN1C(=O)N(c2c(F)cc(NCCNCCCC(=O)O)cc2F)c2cc(Cl)cc(C)c2-c2cc(F)cnc21. The van der Waals surface area contributed by atoms with Crippen molar-refractivity contribution in [2.24, 2.45) is 0 Å². The number of halogens is 4. The second-order valence-corrected chi connectivity index (χ2v) is 9.40. The Morgan fingerprint density at radius 2 is 1.79 bits per heavy atom. The molecule has 1 aromatic heterocycles. The van der Waals surface area contributed by atoms with Crippen molar-refractivity contribution in [2.45, 2.75) is 26.7 Å². The Morgan fingerprint density at radius 3 is 2.46 bits per heavy atom. The van der Waals surface area contributed by atoms with Gasteiger partial charge < -0.3 is 15.7 Å². The zero-order valence-electron chi connectivity index (χ0n) is 21.3. The van der Waals surface area contributed by atoms with E-state index in [1.807, 2.05) is 0 Å². The maximum Gasteiger partial charge on any atom is 0.334 e. The lowest BCUT2D eigenvalue weighted by atomic mass is 9.98. The third-order valence-corrected chi connectivity index (χ3v) is 6.45. The highest BCUT2D eigenvalue weighted by molar-refractivity contribution is 6.31. The lowest BCUT2D eigenvalue weighted by molar-refractivity contribution is -0.137. The normalized spacial score (nSPS) is 12.7. The molecule has 0 saturated heterocycles. The number of carboxylic acid groups (broad SMARTS) is 1. The number of anilines is 4. The van der Waals surface area contributed by atoms with Gasteiger partial charge in [0.15, 0.2) is 11.6 Å². The van der Waals surface area contributed by atoms with Gasteiger partial charge in [-0.2, -0.15) is 0 Å². The Labute approximate surface area is 228 Å². The summed E-state index contributed by atoms with van der Waals surface area (Å²) < 4.78 is 45.5. The summed E-state index contributed by atoms with van der Waals surface area (Å²) in [6.07, 6.45) is 1.49. The zero-order chi connectivity index (χ0) is 28.3. The number of carbonyl (C=O) groups is 2. The highest BCUT2D eigenvalue weighted by Crippen LogP contribution is 2.47. The molecule has 4 rings (SSSR count). The summed E-state index contributed by atoms with van der Waals surface area (Å²) in [5.41, 5.74) is 0.889. The molecule has 0 atom stereocenters. The fraction of sp³-hybridized carbons (Fsp3) is 0.296. The standard InChI is InChI=1S/C27H27ClF3N5O3/c1-3-35-26-19(11-17(29)14-34-26)24-15(2)9-16(28)10-22(24)36(27(35)39)25-20(30)12-18(13-21(25)31)33-8-7-32-6-4-5-23(37)38/h9-14,32-33H,3-8H2,1-2H3,(H,37,38). The Bertz CT molecular complexity index is 1400. The molecule has 2 amide bonds. The number of hydrogen-bond acceptors (Lipinski definition) is 5. The molecule has 39 heavy (non-hydrogen) atoms.